The molecule has 1 N–H and O–H groups in total. The van der Waals surface area contributed by atoms with Crippen molar-refractivity contribution in [2.24, 2.45) is 11.8 Å². The Morgan fingerprint density at radius 1 is 1.45 bits per heavy atom. The van der Waals surface area contributed by atoms with Gasteiger partial charge >= 0.3 is 5.97 Å². The van der Waals surface area contributed by atoms with Crippen molar-refractivity contribution in [3.63, 3.8) is 0 Å². The molecule has 1 fully saturated rings. The zero-order chi connectivity index (χ0) is 13.7. The van der Waals surface area contributed by atoms with Crippen molar-refractivity contribution >= 4 is 17.3 Å². The summed E-state index contributed by atoms with van der Waals surface area (Å²) < 4.78 is 2.25. The third-order valence-corrected chi connectivity index (χ3v) is 5.70. The fourth-order valence-corrected chi connectivity index (χ4v) is 4.90. The van der Waals surface area contributed by atoms with Gasteiger partial charge in [0.05, 0.1) is 30.2 Å². The van der Waals surface area contributed by atoms with Gasteiger partial charge < -0.3 is 9.67 Å². The molecule has 3 atom stereocenters. The minimum Gasteiger partial charge on any atom is -0.481 e. The zero-order valence-corrected chi connectivity index (χ0v) is 11.8. The van der Waals surface area contributed by atoms with E-state index in [0.29, 0.717) is 12.0 Å². The molecule has 20 heavy (non-hydrogen) atoms. The van der Waals surface area contributed by atoms with Gasteiger partial charge in [0.1, 0.15) is 0 Å². The molecule has 0 saturated heterocycles. The van der Waals surface area contributed by atoms with E-state index in [1.165, 1.54) is 16.1 Å². The van der Waals surface area contributed by atoms with E-state index < -0.39 is 5.97 Å². The Kier molecular flexibility index (Phi) is 2.70. The second-order valence-corrected chi connectivity index (χ2v) is 6.74. The van der Waals surface area contributed by atoms with Gasteiger partial charge in [0.15, 0.2) is 0 Å². The number of carboxylic acids is 1. The van der Waals surface area contributed by atoms with Crippen molar-refractivity contribution in [2.45, 2.75) is 31.7 Å². The van der Waals surface area contributed by atoms with Gasteiger partial charge in [-0.3, -0.25) is 4.79 Å². The van der Waals surface area contributed by atoms with Crippen LogP contribution < -0.4 is 0 Å². The molecule has 1 aliphatic heterocycles. The number of aromatic nitrogens is 2. The zero-order valence-electron chi connectivity index (χ0n) is 11.0. The lowest BCUT2D eigenvalue weighted by Crippen LogP contribution is -2.27. The van der Waals surface area contributed by atoms with Gasteiger partial charge in [-0.2, -0.15) is 0 Å². The summed E-state index contributed by atoms with van der Waals surface area (Å²) in [5.41, 5.74) is 2.47. The molecule has 1 aliphatic carbocycles. The quantitative estimate of drug-likeness (QED) is 0.921. The van der Waals surface area contributed by atoms with E-state index in [-0.39, 0.29) is 5.92 Å². The first-order valence-electron chi connectivity index (χ1n) is 7.08. The molecule has 3 heterocycles. The molecule has 5 heteroatoms. The Hall–Kier alpha value is -1.62. The van der Waals surface area contributed by atoms with Crippen LogP contribution in [0.3, 0.4) is 0 Å². The Morgan fingerprint density at radius 2 is 2.35 bits per heavy atom. The molecule has 0 spiro atoms. The molecular formula is C15H16N2O2S. The highest BCUT2D eigenvalue weighted by molar-refractivity contribution is 7.10. The van der Waals surface area contributed by atoms with E-state index in [1.54, 1.807) is 11.3 Å². The van der Waals surface area contributed by atoms with E-state index in [1.807, 2.05) is 12.5 Å². The summed E-state index contributed by atoms with van der Waals surface area (Å²) in [6.07, 6.45) is 7.56. The van der Waals surface area contributed by atoms with Crippen LogP contribution in [-0.2, 0) is 4.79 Å². The van der Waals surface area contributed by atoms with Gasteiger partial charge in [0.2, 0.25) is 0 Å². The molecule has 2 aromatic heterocycles. The lowest BCUT2D eigenvalue weighted by atomic mass is 9.77. The molecule has 0 bridgehead atoms. The monoisotopic (exact) mass is 288 g/mol. The maximum Gasteiger partial charge on any atom is 0.306 e. The number of nitrogens with zero attached hydrogens (tertiary/aromatic N) is 2. The number of aliphatic carboxylic acids is 1. The van der Waals surface area contributed by atoms with Gasteiger partial charge in [0.25, 0.3) is 0 Å². The highest BCUT2D eigenvalue weighted by Gasteiger charge is 2.39. The lowest BCUT2D eigenvalue weighted by Gasteiger charge is -2.31. The number of thiophene rings is 1. The van der Waals surface area contributed by atoms with E-state index in [0.717, 1.165) is 25.7 Å². The number of hydrogen-bond acceptors (Lipinski definition) is 3. The molecule has 0 radical (unpaired) electrons. The standard InChI is InChI=1S/C15H16N2O2S/c18-15(19)10-3-1-2-9(6-10)13-14-11(4-5-20-14)12-7-16-8-17(12)13/h4-5,7-10,13H,1-3,6H2,(H,18,19)/t9-,10-,13?/m1/s1. The predicted octanol–water partition coefficient (Wildman–Crippen LogP) is 3.41. The van der Waals surface area contributed by atoms with Gasteiger partial charge in [-0.05, 0) is 36.6 Å². The van der Waals surface area contributed by atoms with Crippen LogP contribution in [0.1, 0.15) is 36.6 Å². The Labute approximate surface area is 121 Å². The summed E-state index contributed by atoms with van der Waals surface area (Å²) in [4.78, 5) is 16.9. The minimum atomic E-state index is -0.634. The molecule has 1 unspecified atom stereocenters. The van der Waals surface area contributed by atoms with Crippen LogP contribution in [0.4, 0.5) is 0 Å². The van der Waals surface area contributed by atoms with Crippen molar-refractivity contribution in [3.05, 3.63) is 28.8 Å². The van der Waals surface area contributed by atoms with Crippen molar-refractivity contribution in [1.82, 2.24) is 9.55 Å². The Morgan fingerprint density at radius 3 is 3.20 bits per heavy atom. The second-order valence-electron chi connectivity index (χ2n) is 5.79. The number of hydrogen-bond donors (Lipinski definition) is 1. The summed E-state index contributed by atoms with van der Waals surface area (Å²) in [5, 5.41) is 11.4. The molecule has 104 valence electrons. The van der Waals surface area contributed by atoms with E-state index in [9.17, 15) is 9.90 Å². The predicted molar refractivity (Wildman–Crippen MR) is 76.8 cm³/mol. The number of carboxylic acid groups (broad SMARTS) is 1. The number of fused-ring (bicyclic) bond motifs is 3. The smallest absolute Gasteiger partial charge is 0.306 e. The van der Waals surface area contributed by atoms with Gasteiger partial charge in [0, 0.05) is 10.4 Å². The van der Waals surface area contributed by atoms with Crippen LogP contribution in [0, 0.1) is 11.8 Å². The number of imidazole rings is 1. The number of rotatable bonds is 2. The lowest BCUT2D eigenvalue weighted by molar-refractivity contribution is -0.143. The summed E-state index contributed by atoms with van der Waals surface area (Å²) >= 11 is 1.79. The van der Waals surface area contributed by atoms with Crippen molar-refractivity contribution < 1.29 is 9.90 Å². The molecular weight excluding hydrogens is 272 g/mol. The topological polar surface area (TPSA) is 55.1 Å². The third kappa shape index (κ3) is 1.66. The molecule has 2 aliphatic rings. The molecule has 4 rings (SSSR count). The number of carbonyl (C=O) groups is 1. The fraction of sp³-hybridized carbons (Fsp3) is 0.467. The summed E-state index contributed by atoms with van der Waals surface area (Å²) in [6.45, 7) is 0. The van der Waals surface area contributed by atoms with E-state index in [4.69, 9.17) is 0 Å². The first-order valence-corrected chi connectivity index (χ1v) is 7.96. The van der Waals surface area contributed by atoms with Gasteiger partial charge in [-0.25, -0.2) is 4.98 Å². The van der Waals surface area contributed by atoms with Crippen molar-refractivity contribution in [2.75, 3.05) is 0 Å². The molecule has 1 saturated carbocycles. The maximum absolute atomic E-state index is 11.3. The molecule has 2 aromatic rings. The van der Waals surface area contributed by atoms with Crippen LogP contribution in [0.5, 0.6) is 0 Å². The third-order valence-electron chi connectivity index (χ3n) is 4.72. The highest BCUT2D eigenvalue weighted by Crippen LogP contribution is 2.49. The molecule has 0 aromatic carbocycles. The largest absolute Gasteiger partial charge is 0.481 e. The summed E-state index contributed by atoms with van der Waals surface area (Å²) in [7, 11) is 0. The average molecular weight is 288 g/mol. The summed E-state index contributed by atoms with van der Waals surface area (Å²) in [6, 6.07) is 2.45. The first-order chi connectivity index (χ1) is 9.75. The fourth-order valence-electron chi connectivity index (χ4n) is 3.80. The van der Waals surface area contributed by atoms with Gasteiger partial charge in [-0.1, -0.05) is 6.42 Å². The van der Waals surface area contributed by atoms with E-state index >= 15 is 0 Å². The van der Waals surface area contributed by atoms with Crippen molar-refractivity contribution in [3.8, 4) is 11.3 Å². The Bertz CT molecular complexity index is 620. The molecule has 0 amide bonds. The van der Waals surface area contributed by atoms with Crippen LogP contribution in [-0.4, -0.2) is 20.6 Å². The Balaban J connectivity index is 1.71. The SMILES string of the molecule is O=C(O)[C@@H]1CCC[C@@H](C2c3sccc3-c3cncn32)C1. The molecule has 4 nitrogen and oxygen atoms in total. The minimum absolute atomic E-state index is 0.176. The van der Waals surface area contributed by atoms with Crippen LogP contribution >= 0.6 is 11.3 Å². The van der Waals surface area contributed by atoms with Crippen molar-refractivity contribution in [1.29, 1.82) is 0 Å². The van der Waals surface area contributed by atoms with Crippen LogP contribution in [0.2, 0.25) is 0 Å². The second kappa shape index (κ2) is 4.45. The summed E-state index contributed by atoms with van der Waals surface area (Å²) in [5.74, 6) is -0.396. The first kappa shape index (κ1) is 12.1. The highest BCUT2D eigenvalue weighted by atomic mass is 32.1. The van der Waals surface area contributed by atoms with Crippen LogP contribution in [0.25, 0.3) is 11.3 Å². The van der Waals surface area contributed by atoms with Gasteiger partial charge in [-0.15, -0.1) is 11.3 Å². The maximum atomic E-state index is 11.3. The van der Waals surface area contributed by atoms with E-state index in [2.05, 4.69) is 21.0 Å². The average Bonchev–Trinajstić information content (AvgIpc) is 3.10. The van der Waals surface area contributed by atoms with Crippen LogP contribution in [0.15, 0.2) is 24.0 Å². The normalized spacial score (nSPS) is 28.1.